The van der Waals surface area contributed by atoms with Crippen LogP contribution in [0.4, 0.5) is 0 Å². The molecule has 4 heteroatoms. The Bertz CT molecular complexity index is 252. The predicted molar refractivity (Wildman–Crippen MR) is 47.0 cm³/mol. The molecule has 4 nitrogen and oxygen atoms in total. The average molecular weight is 182 g/mol. The highest BCUT2D eigenvalue weighted by molar-refractivity contribution is 5.97. The van der Waals surface area contributed by atoms with Crippen LogP contribution in [0, 0.1) is 0 Å². The van der Waals surface area contributed by atoms with Gasteiger partial charge in [-0.1, -0.05) is 6.92 Å². The molecule has 0 bridgehead atoms. The van der Waals surface area contributed by atoms with Crippen molar-refractivity contribution in [3.8, 4) is 0 Å². The lowest BCUT2D eigenvalue weighted by Crippen LogP contribution is -2.60. The molecule has 0 saturated carbocycles. The number of nitrogens with zero attached hydrogens (tertiary/aromatic N) is 1. The van der Waals surface area contributed by atoms with Crippen LogP contribution in [0.2, 0.25) is 0 Å². The van der Waals surface area contributed by atoms with E-state index in [1.807, 2.05) is 6.92 Å². The third-order valence-electron chi connectivity index (χ3n) is 2.86. The van der Waals surface area contributed by atoms with Crippen LogP contribution in [0.15, 0.2) is 0 Å². The van der Waals surface area contributed by atoms with Gasteiger partial charge in [-0.25, -0.2) is 0 Å². The molecule has 0 aromatic heterocycles. The molecule has 2 fully saturated rings. The minimum Gasteiger partial charge on any atom is -0.343 e. The predicted octanol–water partition coefficient (Wildman–Crippen LogP) is -0.114. The maximum Gasteiger partial charge on any atom is 0.245 e. The Morgan fingerprint density at radius 1 is 1.54 bits per heavy atom. The van der Waals surface area contributed by atoms with Crippen LogP contribution in [0.3, 0.4) is 0 Å². The fourth-order valence-corrected chi connectivity index (χ4v) is 2.11. The molecule has 2 aliphatic heterocycles. The van der Waals surface area contributed by atoms with Crippen molar-refractivity contribution in [3.63, 3.8) is 0 Å². The van der Waals surface area contributed by atoms with Crippen molar-refractivity contribution in [3.05, 3.63) is 0 Å². The molecule has 2 saturated heterocycles. The topological polar surface area (TPSA) is 49.4 Å². The smallest absolute Gasteiger partial charge is 0.245 e. The molecule has 0 aromatic carbocycles. The molecular weight excluding hydrogens is 168 g/mol. The van der Waals surface area contributed by atoms with Crippen molar-refractivity contribution >= 4 is 11.8 Å². The van der Waals surface area contributed by atoms with Gasteiger partial charge in [0.25, 0.3) is 0 Å². The Labute approximate surface area is 77.3 Å². The van der Waals surface area contributed by atoms with Crippen LogP contribution in [0.1, 0.15) is 26.2 Å². The first-order valence-corrected chi connectivity index (χ1v) is 4.85. The number of hydrogen-bond donors (Lipinski definition) is 1. The minimum absolute atomic E-state index is 0.0314. The van der Waals surface area contributed by atoms with Crippen molar-refractivity contribution in [1.29, 1.82) is 0 Å². The SMILES string of the molecule is CC[C@@H]1NC(=O)[C@@H]2CCCN2C1=O. The van der Waals surface area contributed by atoms with E-state index in [1.165, 1.54) is 0 Å². The number of rotatable bonds is 1. The average Bonchev–Trinajstić information content (AvgIpc) is 2.60. The molecule has 0 unspecified atom stereocenters. The van der Waals surface area contributed by atoms with Gasteiger partial charge in [0, 0.05) is 6.54 Å². The van der Waals surface area contributed by atoms with Crippen molar-refractivity contribution in [1.82, 2.24) is 10.2 Å². The Kier molecular flexibility index (Phi) is 1.98. The van der Waals surface area contributed by atoms with Gasteiger partial charge >= 0.3 is 0 Å². The van der Waals surface area contributed by atoms with Gasteiger partial charge in [0.05, 0.1) is 0 Å². The molecule has 2 aliphatic rings. The van der Waals surface area contributed by atoms with Gasteiger partial charge in [0.15, 0.2) is 0 Å². The summed E-state index contributed by atoms with van der Waals surface area (Å²) < 4.78 is 0. The number of nitrogens with one attached hydrogen (secondary N) is 1. The fourth-order valence-electron chi connectivity index (χ4n) is 2.11. The normalized spacial score (nSPS) is 33.2. The lowest BCUT2D eigenvalue weighted by atomic mass is 10.1. The summed E-state index contributed by atoms with van der Waals surface area (Å²) in [6.07, 6.45) is 2.47. The van der Waals surface area contributed by atoms with Crippen molar-refractivity contribution in [2.75, 3.05) is 6.54 Å². The summed E-state index contributed by atoms with van der Waals surface area (Å²) in [7, 11) is 0. The fraction of sp³-hybridized carbons (Fsp3) is 0.778. The highest BCUT2D eigenvalue weighted by atomic mass is 16.2. The maximum absolute atomic E-state index is 11.7. The van der Waals surface area contributed by atoms with Crippen LogP contribution in [-0.4, -0.2) is 35.3 Å². The second-order valence-electron chi connectivity index (χ2n) is 3.66. The van der Waals surface area contributed by atoms with E-state index in [9.17, 15) is 9.59 Å². The molecule has 0 radical (unpaired) electrons. The van der Waals surface area contributed by atoms with E-state index in [1.54, 1.807) is 4.90 Å². The van der Waals surface area contributed by atoms with E-state index >= 15 is 0 Å². The third-order valence-corrected chi connectivity index (χ3v) is 2.86. The molecule has 1 N–H and O–H groups in total. The molecule has 2 amide bonds. The molecule has 0 aliphatic carbocycles. The molecule has 2 rings (SSSR count). The Morgan fingerprint density at radius 2 is 2.31 bits per heavy atom. The molecule has 2 atom stereocenters. The van der Waals surface area contributed by atoms with Crippen molar-refractivity contribution < 1.29 is 9.59 Å². The van der Waals surface area contributed by atoms with Gasteiger partial charge in [0.2, 0.25) is 11.8 Å². The van der Waals surface area contributed by atoms with E-state index in [0.29, 0.717) is 6.42 Å². The molecule has 72 valence electrons. The summed E-state index contributed by atoms with van der Waals surface area (Å²) >= 11 is 0. The van der Waals surface area contributed by atoms with Gasteiger partial charge in [-0.2, -0.15) is 0 Å². The summed E-state index contributed by atoms with van der Waals surface area (Å²) in [5.74, 6) is 0.133. The first-order valence-electron chi connectivity index (χ1n) is 4.85. The van der Waals surface area contributed by atoms with Gasteiger partial charge < -0.3 is 10.2 Å². The summed E-state index contributed by atoms with van der Waals surface area (Å²) in [6, 6.07) is -0.447. The van der Waals surface area contributed by atoms with E-state index in [-0.39, 0.29) is 23.9 Å². The molecule has 0 aromatic rings. The molecule has 2 heterocycles. The molecule has 0 spiro atoms. The maximum atomic E-state index is 11.7. The van der Waals surface area contributed by atoms with Crippen LogP contribution in [0.25, 0.3) is 0 Å². The summed E-state index contributed by atoms with van der Waals surface area (Å²) in [4.78, 5) is 24.9. The second-order valence-corrected chi connectivity index (χ2v) is 3.66. The second kappa shape index (κ2) is 3.01. The zero-order chi connectivity index (χ0) is 9.42. The Balaban J connectivity index is 2.19. The summed E-state index contributed by atoms with van der Waals surface area (Å²) in [5, 5.41) is 2.76. The van der Waals surface area contributed by atoms with Gasteiger partial charge in [-0.3, -0.25) is 9.59 Å². The van der Waals surface area contributed by atoms with Crippen molar-refractivity contribution in [2.24, 2.45) is 0 Å². The Morgan fingerprint density at radius 3 is 3.00 bits per heavy atom. The number of amides is 2. The van der Waals surface area contributed by atoms with Crippen LogP contribution in [-0.2, 0) is 9.59 Å². The first-order chi connectivity index (χ1) is 6.24. The minimum atomic E-state index is -0.276. The lowest BCUT2D eigenvalue weighted by molar-refractivity contribution is -0.147. The molecular formula is C9H14N2O2. The number of fused-ring (bicyclic) bond motifs is 1. The van der Waals surface area contributed by atoms with Crippen LogP contribution in [0.5, 0.6) is 0 Å². The van der Waals surface area contributed by atoms with E-state index in [0.717, 1.165) is 19.4 Å². The number of piperazine rings is 1. The molecule has 13 heavy (non-hydrogen) atoms. The highest BCUT2D eigenvalue weighted by Gasteiger charge is 2.41. The quantitative estimate of drug-likeness (QED) is 0.615. The third kappa shape index (κ3) is 1.20. The van der Waals surface area contributed by atoms with Gasteiger partial charge in [-0.05, 0) is 19.3 Å². The first kappa shape index (κ1) is 8.53. The lowest BCUT2D eigenvalue weighted by Gasteiger charge is -2.34. The zero-order valence-corrected chi connectivity index (χ0v) is 7.75. The van der Waals surface area contributed by atoms with Crippen molar-refractivity contribution in [2.45, 2.75) is 38.3 Å². The standard InChI is InChI=1S/C9H14N2O2/c1-2-6-9(13)11-5-3-4-7(11)8(12)10-6/h6-7H,2-5H2,1H3,(H,10,12)/t6-,7-/m0/s1. The van der Waals surface area contributed by atoms with Crippen LogP contribution >= 0.6 is 0 Å². The van der Waals surface area contributed by atoms with E-state index < -0.39 is 0 Å². The zero-order valence-electron chi connectivity index (χ0n) is 7.75. The summed E-state index contributed by atoms with van der Waals surface area (Å²) in [6.45, 7) is 2.67. The summed E-state index contributed by atoms with van der Waals surface area (Å²) in [5.41, 5.74) is 0. The largest absolute Gasteiger partial charge is 0.343 e. The number of carbonyl (C=O) groups is 2. The van der Waals surface area contributed by atoms with Gasteiger partial charge in [0.1, 0.15) is 12.1 Å². The van der Waals surface area contributed by atoms with Crippen LogP contribution < -0.4 is 5.32 Å². The van der Waals surface area contributed by atoms with E-state index in [4.69, 9.17) is 0 Å². The Hall–Kier alpha value is -1.06. The number of hydrogen-bond acceptors (Lipinski definition) is 2. The van der Waals surface area contributed by atoms with Gasteiger partial charge in [-0.15, -0.1) is 0 Å². The number of carbonyl (C=O) groups excluding carboxylic acids is 2. The van der Waals surface area contributed by atoms with E-state index in [2.05, 4.69) is 5.32 Å². The highest BCUT2D eigenvalue weighted by Crippen LogP contribution is 2.22. The monoisotopic (exact) mass is 182 g/mol.